The summed E-state index contributed by atoms with van der Waals surface area (Å²) < 4.78 is 0. The fourth-order valence-corrected chi connectivity index (χ4v) is 2.78. The highest BCUT2D eigenvalue weighted by atomic mass is 16.4. The lowest BCUT2D eigenvalue weighted by molar-refractivity contribution is -0.176. The molecule has 0 aliphatic rings. The molecule has 0 saturated heterocycles. The number of unbranched alkanes of at least 4 members (excludes halogenated alkanes) is 7. The zero-order valence-electron chi connectivity index (χ0n) is 14.4. The molecule has 4 N–H and O–H groups in total. The van der Waals surface area contributed by atoms with Gasteiger partial charge in [-0.2, -0.15) is 0 Å². The third-order valence-electron chi connectivity index (χ3n) is 4.31. The second-order valence-corrected chi connectivity index (χ2v) is 6.28. The second-order valence-electron chi connectivity index (χ2n) is 6.28. The fourth-order valence-electron chi connectivity index (χ4n) is 2.78. The molecule has 0 saturated carbocycles. The van der Waals surface area contributed by atoms with Gasteiger partial charge in [-0.1, -0.05) is 58.3 Å². The van der Waals surface area contributed by atoms with Crippen molar-refractivity contribution in [3.63, 3.8) is 0 Å². The summed E-state index contributed by atoms with van der Waals surface area (Å²) in [6.45, 7) is 2.14. The van der Waals surface area contributed by atoms with Crippen molar-refractivity contribution in [3.05, 3.63) is 0 Å². The van der Waals surface area contributed by atoms with E-state index in [0.717, 1.165) is 25.7 Å². The molecule has 0 heterocycles. The molecule has 7 nitrogen and oxygen atoms in total. The number of aliphatic carboxylic acids is 3. The molecule has 0 rings (SSSR count). The maximum atomic E-state index is 11.4. The Hall–Kier alpha value is -1.63. The molecular weight excluding hydrogens is 316 g/mol. The highest BCUT2D eigenvalue weighted by molar-refractivity contribution is 5.86. The van der Waals surface area contributed by atoms with Crippen molar-refractivity contribution in [3.8, 4) is 0 Å². The fraction of sp³-hybridized carbons (Fsp3) is 0.824. The van der Waals surface area contributed by atoms with Gasteiger partial charge in [0, 0.05) is 6.42 Å². The smallest absolute Gasteiger partial charge is 0.336 e. The molecule has 140 valence electrons. The van der Waals surface area contributed by atoms with Crippen LogP contribution in [0.1, 0.15) is 77.6 Å². The Bertz CT molecular complexity index is 408. The zero-order chi connectivity index (χ0) is 18.6. The van der Waals surface area contributed by atoms with E-state index in [1.165, 1.54) is 19.3 Å². The van der Waals surface area contributed by atoms with Crippen LogP contribution in [0, 0.1) is 5.92 Å². The van der Waals surface area contributed by atoms with Crippen LogP contribution in [0.3, 0.4) is 0 Å². The van der Waals surface area contributed by atoms with Crippen molar-refractivity contribution < 1.29 is 34.8 Å². The average molecular weight is 346 g/mol. The van der Waals surface area contributed by atoms with Gasteiger partial charge in [-0.15, -0.1) is 0 Å². The number of carbonyl (C=O) groups is 3. The van der Waals surface area contributed by atoms with E-state index in [4.69, 9.17) is 5.11 Å². The van der Waals surface area contributed by atoms with E-state index in [1.54, 1.807) is 0 Å². The largest absolute Gasteiger partial charge is 0.481 e. The van der Waals surface area contributed by atoms with E-state index in [1.807, 2.05) is 0 Å². The summed E-state index contributed by atoms with van der Waals surface area (Å²) in [6, 6.07) is 0. The quantitative estimate of drug-likeness (QED) is 0.335. The Labute approximate surface area is 142 Å². The van der Waals surface area contributed by atoms with Gasteiger partial charge in [0.25, 0.3) is 0 Å². The Balaban J connectivity index is 4.46. The molecular formula is C17H30O7. The normalized spacial score (nSPS) is 14.8. The molecule has 0 aliphatic heterocycles. The Morgan fingerprint density at radius 3 is 1.79 bits per heavy atom. The molecule has 0 spiro atoms. The van der Waals surface area contributed by atoms with Crippen molar-refractivity contribution in [2.75, 3.05) is 0 Å². The first kappa shape index (κ1) is 22.4. The van der Waals surface area contributed by atoms with Crippen LogP contribution in [-0.2, 0) is 14.4 Å². The minimum absolute atomic E-state index is 0.0205. The molecule has 24 heavy (non-hydrogen) atoms. The lowest BCUT2D eigenvalue weighted by Gasteiger charge is -2.29. The summed E-state index contributed by atoms with van der Waals surface area (Å²) in [6.07, 6.45) is 6.76. The summed E-state index contributed by atoms with van der Waals surface area (Å²) in [5, 5.41) is 37.3. The van der Waals surface area contributed by atoms with Crippen LogP contribution in [0.25, 0.3) is 0 Å². The van der Waals surface area contributed by atoms with Crippen LogP contribution < -0.4 is 0 Å². The minimum Gasteiger partial charge on any atom is -0.481 e. The van der Waals surface area contributed by atoms with E-state index in [9.17, 15) is 29.7 Å². The highest BCUT2D eigenvalue weighted by Crippen LogP contribution is 2.29. The summed E-state index contributed by atoms with van der Waals surface area (Å²) in [4.78, 5) is 33.3. The summed E-state index contributed by atoms with van der Waals surface area (Å²) in [7, 11) is 0. The number of aliphatic hydroxyl groups is 1. The van der Waals surface area contributed by atoms with Gasteiger partial charge in [-0.05, 0) is 12.8 Å². The molecule has 0 radical (unpaired) electrons. The van der Waals surface area contributed by atoms with E-state index in [0.29, 0.717) is 6.42 Å². The molecule has 0 bridgehead atoms. The van der Waals surface area contributed by atoms with E-state index < -0.39 is 42.3 Å². The SMILES string of the molecule is CCCCCCCCCCC(C(=O)O)C(O)(CCC(=O)O)C(=O)O. The van der Waals surface area contributed by atoms with Crippen LogP contribution in [-0.4, -0.2) is 43.9 Å². The third-order valence-corrected chi connectivity index (χ3v) is 4.31. The predicted molar refractivity (Wildman–Crippen MR) is 87.8 cm³/mol. The summed E-state index contributed by atoms with van der Waals surface area (Å²) in [5.41, 5.74) is -2.55. The van der Waals surface area contributed by atoms with Gasteiger partial charge < -0.3 is 20.4 Å². The number of carboxylic acids is 3. The van der Waals surface area contributed by atoms with Crippen LogP contribution in [0.2, 0.25) is 0 Å². The van der Waals surface area contributed by atoms with Crippen molar-refractivity contribution in [2.24, 2.45) is 5.92 Å². The molecule has 7 heteroatoms. The minimum atomic E-state index is -2.55. The average Bonchev–Trinajstić information content (AvgIpc) is 2.50. The standard InChI is InChI=1S/C17H30O7/c1-2-3-4-5-6-7-8-9-10-13(15(20)21)17(24,16(22)23)12-11-14(18)19/h13,24H,2-12H2,1H3,(H,18,19)(H,20,21)(H,22,23). The molecule has 0 aromatic carbocycles. The van der Waals surface area contributed by atoms with Gasteiger partial charge in [0.05, 0.1) is 5.92 Å². The first-order valence-corrected chi connectivity index (χ1v) is 8.66. The first-order valence-electron chi connectivity index (χ1n) is 8.66. The van der Waals surface area contributed by atoms with Gasteiger partial charge in [0.15, 0.2) is 5.60 Å². The van der Waals surface area contributed by atoms with Gasteiger partial charge in [-0.25, -0.2) is 4.79 Å². The molecule has 0 aromatic heterocycles. The molecule has 0 aliphatic carbocycles. The van der Waals surface area contributed by atoms with Crippen LogP contribution in [0.4, 0.5) is 0 Å². The second kappa shape index (κ2) is 11.8. The Morgan fingerprint density at radius 1 is 0.875 bits per heavy atom. The van der Waals surface area contributed by atoms with Crippen LogP contribution in [0.15, 0.2) is 0 Å². The lowest BCUT2D eigenvalue weighted by atomic mass is 9.80. The number of hydrogen-bond acceptors (Lipinski definition) is 4. The predicted octanol–water partition coefficient (Wildman–Crippen LogP) is 2.90. The maximum Gasteiger partial charge on any atom is 0.336 e. The highest BCUT2D eigenvalue weighted by Gasteiger charge is 2.47. The van der Waals surface area contributed by atoms with Crippen LogP contribution in [0.5, 0.6) is 0 Å². The van der Waals surface area contributed by atoms with Crippen molar-refractivity contribution in [2.45, 2.75) is 83.2 Å². The molecule has 0 fully saturated rings. The van der Waals surface area contributed by atoms with E-state index >= 15 is 0 Å². The van der Waals surface area contributed by atoms with Gasteiger partial charge >= 0.3 is 17.9 Å². The van der Waals surface area contributed by atoms with E-state index in [-0.39, 0.29) is 6.42 Å². The zero-order valence-corrected chi connectivity index (χ0v) is 14.4. The van der Waals surface area contributed by atoms with Gasteiger partial charge in [-0.3, -0.25) is 9.59 Å². The van der Waals surface area contributed by atoms with Crippen molar-refractivity contribution >= 4 is 17.9 Å². The maximum absolute atomic E-state index is 11.4. The third kappa shape index (κ3) is 8.29. The summed E-state index contributed by atoms with van der Waals surface area (Å²) >= 11 is 0. The summed E-state index contributed by atoms with van der Waals surface area (Å²) in [5.74, 6) is -5.87. The number of rotatable bonds is 15. The number of carboxylic acid groups (broad SMARTS) is 3. The molecule has 2 atom stereocenters. The molecule has 2 unspecified atom stereocenters. The topological polar surface area (TPSA) is 132 Å². The Morgan fingerprint density at radius 2 is 1.38 bits per heavy atom. The Kier molecular flexibility index (Phi) is 11.0. The molecule has 0 aromatic rings. The van der Waals surface area contributed by atoms with Crippen molar-refractivity contribution in [1.82, 2.24) is 0 Å². The first-order chi connectivity index (χ1) is 11.3. The monoisotopic (exact) mass is 346 g/mol. The van der Waals surface area contributed by atoms with E-state index in [2.05, 4.69) is 6.92 Å². The lowest BCUT2D eigenvalue weighted by Crippen LogP contribution is -2.49. The molecule has 0 amide bonds. The number of hydrogen-bond donors (Lipinski definition) is 4. The van der Waals surface area contributed by atoms with Crippen LogP contribution >= 0.6 is 0 Å². The van der Waals surface area contributed by atoms with Gasteiger partial charge in [0.1, 0.15) is 0 Å². The van der Waals surface area contributed by atoms with Crippen molar-refractivity contribution in [1.29, 1.82) is 0 Å². The van der Waals surface area contributed by atoms with Gasteiger partial charge in [0.2, 0.25) is 0 Å².